The zero-order valence-corrected chi connectivity index (χ0v) is 44.1. The zero-order valence-electron chi connectivity index (χ0n) is 44.1. The number of aromatic amines is 1. The van der Waals surface area contributed by atoms with Gasteiger partial charge in [-0.25, -0.2) is 14.0 Å². The van der Waals surface area contributed by atoms with Gasteiger partial charge in [0.25, 0.3) is 0 Å². The molecule has 3 amide bonds. The summed E-state index contributed by atoms with van der Waals surface area (Å²) in [4.78, 5) is 147. The molecule has 0 spiro atoms. The fraction of sp³-hybridized carbons (Fsp3) is 0.446. The van der Waals surface area contributed by atoms with E-state index in [1.165, 1.54) is 6.07 Å². The molecule has 4 aromatic rings. The van der Waals surface area contributed by atoms with E-state index in [1.807, 2.05) is 49.4 Å². The van der Waals surface area contributed by atoms with Gasteiger partial charge < -0.3 is 47.2 Å². The van der Waals surface area contributed by atoms with Crippen LogP contribution in [0.4, 0.5) is 4.39 Å². The van der Waals surface area contributed by atoms with Crippen molar-refractivity contribution in [1.82, 2.24) is 26.1 Å². The highest BCUT2D eigenvalue weighted by Gasteiger charge is 2.30. The lowest BCUT2D eigenvalue weighted by molar-refractivity contribution is -0.145. The Hall–Kier alpha value is -8.54. The van der Waals surface area contributed by atoms with Gasteiger partial charge in [0.15, 0.2) is 5.78 Å². The van der Waals surface area contributed by atoms with Crippen molar-refractivity contribution in [2.24, 2.45) is 17.6 Å². The molecule has 0 unspecified atom stereocenters. The Balaban J connectivity index is 1.14. The molecule has 0 aliphatic carbocycles. The summed E-state index contributed by atoms with van der Waals surface area (Å²) in [5.41, 5.74) is 11.0. The molecule has 0 fully saturated rings. The summed E-state index contributed by atoms with van der Waals surface area (Å²) in [6, 6.07) is 13.2. The number of aryl methyl sites for hydroxylation is 1. The van der Waals surface area contributed by atoms with E-state index >= 15 is 0 Å². The zero-order chi connectivity index (χ0) is 59.1. The minimum atomic E-state index is -1.65. The Kier molecular flexibility index (Phi) is 25.4. The van der Waals surface area contributed by atoms with E-state index in [-0.39, 0.29) is 43.8 Å². The number of carbonyl (C=O) groups is 12. The number of aliphatic carboxylic acids is 5. The van der Waals surface area contributed by atoms with Gasteiger partial charge in [-0.15, -0.1) is 0 Å². The van der Waals surface area contributed by atoms with E-state index in [4.69, 9.17) is 10.8 Å². The van der Waals surface area contributed by atoms with E-state index in [0.717, 1.165) is 27.6 Å². The fourth-order valence-electron chi connectivity index (χ4n) is 8.80. The van der Waals surface area contributed by atoms with Gasteiger partial charge in [0.2, 0.25) is 17.7 Å². The molecule has 0 radical (unpaired) electrons. The number of nitrogens with zero attached hydrogens (tertiary/aromatic N) is 1. The summed E-state index contributed by atoms with van der Waals surface area (Å²) in [5, 5.41) is 62.1. The Morgan fingerprint density at radius 2 is 1.21 bits per heavy atom. The number of Topliss-reactive ketones (excluding diaryl/α,β-unsaturated/α-hetero) is 4. The second-order valence-electron chi connectivity index (χ2n) is 19.7. The number of ketones is 4. The number of carboxylic acids is 5. The third-order valence-corrected chi connectivity index (χ3v) is 13.2. The molecule has 1 heterocycles. The number of halogens is 1. The summed E-state index contributed by atoms with van der Waals surface area (Å²) in [7, 11) is 0. The summed E-state index contributed by atoms with van der Waals surface area (Å²) in [6.07, 6.45) is -3.60. The highest BCUT2D eigenvalue weighted by atomic mass is 19.1. The lowest BCUT2D eigenvalue weighted by Crippen LogP contribution is -2.41. The first-order chi connectivity index (χ1) is 37.9. The van der Waals surface area contributed by atoms with Crippen LogP contribution in [0.1, 0.15) is 119 Å². The van der Waals surface area contributed by atoms with Crippen molar-refractivity contribution in [1.29, 1.82) is 0 Å². The maximum absolute atomic E-state index is 14.2. The van der Waals surface area contributed by atoms with Crippen LogP contribution in [0.15, 0.2) is 60.7 Å². The molecule has 4 rings (SSSR count). The van der Waals surface area contributed by atoms with Gasteiger partial charge in [-0.1, -0.05) is 60.5 Å². The Morgan fingerprint density at radius 3 is 1.81 bits per heavy atom. The second kappa shape index (κ2) is 31.8. The van der Waals surface area contributed by atoms with E-state index in [0.29, 0.717) is 36.0 Å². The largest absolute Gasteiger partial charge is 0.481 e. The molecule has 0 saturated heterocycles. The topological polar surface area (TPSA) is 397 Å². The number of amides is 3. The lowest BCUT2D eigenvalue weighted by atomic mass is 9.93. The Labute approximate surface area is 458 Å². The average Bonchev–Trinajstić information content (AvgIpc) is 3.82. The molecule has 23 nitrogen and oxygen atoms in total. The van der Waals surface area contributed by atoms with Crippen LogP contribution in [0.3, 0.4) is 0 Å². The number of unbranched alkanes of at least 4 members (excludes halogenated alkanes) is 2. The SMILES string of the molecule is Cc1ccc(F)c(CC(=O)Cc2ccc(-c3cccc4n[nH]c(CC(=O)CCCCCNC(=O)C[C@H](N)C(=O)C[C@@H](CCC(=O)N[C@@H](CCC(=O)C[C@@H](CCC(=O)N[C@@H](CCC(=O)O)C(=O)O)C(=O)O)C(=O)O)C(=O)O)c34)cc2)c1. The number of carbonyl (C=O) groups excluding carboxylic acids is 7. The molecule has 3 aromatic carbocycles. The van der Waals surface area contributed by atoms with Gasteiger partial charge in [-0.05, 0) is 79.8 Å². The van der Waals surface area contributed by atoms with Crippen molar-refractivity contribution in [3.8, 4) is 11.1 Å². The molecule has 0 aliphatic rings. The molecule has 1 aromatic heterocycles. The number of fused-ring (bicyclic) bond motifs is 1. The van der Waals surface area contributed by atoms with Gasteiger partial charge in [-0.3, -0.25) is 53.0 Å². The van der Waals surface area contributed by atoms with Gasteiger partial charge in [-0.2, -0.15) is 5.10 Å². The molecule has 0 saturated carbocycles. The lowest BCUT2D eigenvalue weighted by Gasteiger charge is -2.17. The van der Waals surface area contributed by atoms with Gasteiger partial charge in [0.05, 0.1) is 29.1 Å². The summed E-state index contributed by atoms with van der Waals surface area (Å²) < 4.78 is 14.2. The average molecular weight is 1120 g/mol. The summed E-state index contributed by atoms with van der Waals surface area (Å²) >= 11 is 0. The second-order valence-corrected chi connectivity index (χ2v) is 19.7. The van der Waals surface area contributed by atoms with Crippen LogP contribution in [-0.2, 0) is 76.8 Å². The summed E-state index contributed by atoms with van der Waals surface area (Å²) in [5.74, 6) is -14.7. The third-order valence-electron chi connectivity index (χ3n) is 13.2. The van der Waals surface area contributed by atoms with Crippen LogP contribution in [0.5, 0.6) is 0 Å². The highest BCUT2D eigenvalue weighted by molar-refractivity contribution is 5.99. The van der Waals surface area contributed by atoms with Crippen LogP contribution in [0, 0.1) is 24.6 Å². The standard InChI is InChI=1S/C56H67FN6O17/c1-31-9-17-41(57)36(24-31)27-39(66)25-32-10-12-33(13-11-32)40-7-5-8-43-52(40)46(63-62-43)29-37(64)6-3-2-4-23-59-50(70)30-42(58)47(67)28-35(54(75)76)15-21-49(69)60-44(55(77)78)18-16-38(65)26-34(53(73)74)14-20-48(68)61-45(56(79)80)19-22-51(71)72/h5,7-13,17,24,34-35,42,44-45H,2-4,6,14-16,18-23,25-30,58H2,1H3,(H,59,70)(H,60,69)(H,61,68)(H,62,63)(H,71,72)(H,73,74)(H,75,76)(H,77,78)(H,79,80)/t34-,35-,42+,44+,45+/m1/s1. The fourth-order valence-corrected chi connectivity index (χ4v) is 8.80. The number of benzene rings is 3. The van der Waals surface area contributed by atoms with Gasteiger partial charge in [0.1, 0.15) is 35.3 Å². The molecule has 80 heavy (non-hydrogen) atoms. The monoisotopic (exact) mass is 1110 g/mol. The van der Waals surface area contributed by atoms with Crippen LogP contribution < -0.4 is 21.7 Å². The molecular weight excluding hydrogens is 1050 g/mol. The molecular formula is C56H67FN6O17. The number of carboxylic acid groups (broad SMARTS) is 5. The molecule has 0 aliphatic heterocycles. The van der Waals surface area contributed by atoms with Crippen molar-refractivity contribution in [2.75, 3.05) is 6.54 Å². The maximum atomic E-state index is 14.2. The minimum absolute atomic E-state index is 0.0112. The number of nitrogens with one attached hydrogen (secondary N) is 4. The smallest absolute Gasteiger partial charge is 0.326 e. The van der Waals surface area contributed by atoms with Crippen molar-refractivity contribution >= 4 is 81.6 Å². The molecule has 11 N–H and O–H groups in total. The van der Waals surface area contributed by atoms with Crippen LogP contribution in [-0.4, -0.2) is 131 Å². The molecule has 5 atom stereocenters. The quantitative estimate of drug-likeness (QED) is 0.0281. The van der Waals surface area contributed by atoms with E-state index in [2.05, 4.69) is 26.1 Å². The Bertz CT molecular complexity index is 2920. The number of H-pyrrole nitrogens is 1. The van der Waals surface area contributed by atoms with E-state index < -0.39 is 166 Å². The van der Waals surface area contributed by atoms with Crippen LogP contribution in [0.2, 0.25) is 0 Å². The van der Waals surface area contributed by atoms with Gasteiger partial charge in [0, 0.05) is 82.6 Å². The summed E-state index contributed by atoms with van der Waals surface area (Å²) in [6.45, 7) is 2.05. The molecule has 0 bridgehead atoms. The Morgan fingerprint density at radius 1 is 0.600 bits per heavy atom. The minimum Gasteiger partial charge on any atom is -0.481 e. The number of aromatic nitrogens is 2. The number of rotatable bonds is 38. The van der Waals surface area contributed by atoms with E-state index in [1.54, 1.807) is 12.1 Å². The van der Waals surface area contributed by atoms with Crippen molar-refractivity contribution < 1.29 is 87.5 Å². The van der Waals surface area contributed by atoms with Crippen molar-refractivity contribution in [3.63, 3.8) is 0 Å². The van der Waals surface area contributed by atoms with Gasteiger partial charge >= 0.3 is 29.8 Å². The number of hydrogen-bond acceptors (Lipinski definition) is 14. The van der Waals surface area contributed by atoms with Crippen LogP contribution >= 0.6 is 0 Å². The predicted octanol–water partition coefficient (Wildman–Crippen LogP) is 4.20. The first kappa shape index (κ1) is 64.0. The van der Waals surface area contributed by atoms with Crippen molar-refractivity contribution in [2.45, 2.75) is 141 Å². The third kappa shape index (κ3) is 21.7. The number of nitrogens with two attached hydrogens (primary N) is 1. The number of hydrogen-bond donors (Lipinski definition) is 10. The molecule has 24 heteroatoms. The maximum Gasteiger partial charge on any atom is 0.326 e. The first-order valence-electron chi connectivity index (χ1n) is 26.0. The molecule has 430 valence electrons. The van der Waals surface area contributed by atoms with Crippen molar-refractivity contribution in [3.05, 3.63) is 88.9 Å². The predicted molar refractivity (Wildman–Crippen MR) is 283 cm³/mol. The highest BCUT2D eigenvalue weighted by Crippen LogP contribution is 2.31. The first-order valence-corrected chi connectivity index (χ1v) is 26.0. The van der Waals surface area contributed by atoms with E-state index in [9.17, 15) is 82.4 Å². The van der Waals surface area contributed by atoms with Crippen LogP contribution in [0.25, 0.3) is 22.0 Å². The normalized spacial score (nSPS) is 13.0.